The molecule has 0 radical (unpaired) electrons. The molecule has 0 saturated heterocycles. The number of likely N-dealkylation sites (N-methyl/N-ethyl adjacent to an activating group) is 1. The summed E-state index contributed by atoms with van der Waals surface area (Å²) in [5, 5.41) is 12.6. The van der Waals surface area contributed by atoms with Gasteiger partial charge in [0, 0.05) is 24.0 Å². The molecule has 0 aliphatic heterocycles. The van der Waals surface area contributed by atoms with Crippen LogP contribution in [0, 0.1) is 6.92 Å². The molecule has 5 heteroatoms. The van der Waals surface area contributed by atoms with Gasteiger partial charge in [0.05, 0.1) is 5.01 Å². The van der Waals surface area contributed by atoms with Crippen LogP contribution in [-0.4, -0.2) is 34.6 Å². The number of carboxylic acid groups (broad SMARTS) is 1. The van der Waals surface area contributed by atoms with E-state index >= 15 is 0 Å². The fraction of sp³-hybridized carbons (Fsp3) is 0.375. The first-order valence-electron chi connectivity index (χ1n) is 6.88. The van der Waals surface area contributed by atoms with Crippen molar-refractivity contribution in [3.05, 3.63) is 52.0 Å². The molecule has 0 bridgehead atoms. The van der Waals surface area contributed by atoms with Gasteiger partial charge in [0.25, 0.3) is 0 Å². The van der Waals surface area contributed by atoms with E-state index in [0.29, 0.717) is 6.54 Å². The Balaban J connectivity index is 2.19. The molecule has 0 spiro atoms. The highest BCUT2D eigenvalue weighted by Crippen LogP contribution is 2.26. The predicted octanol–water partition coefficient (Wildman–Crippen LogP) is 3.31. The summed E-state index contributed by atoms with van der Waals surface area (Å²) in [6.45, 7) is 4.67. The van der Waals surface area contributed by atoms with Gasteiger partial charge in [-0.05, 0) is 25.1 Å². The Morgan fingerprint density at radius 3 is 2.71 bits per heavy atom. The second-order valence-electron chi connectivity index (χ2n) is 5.31. The van der Waals surface area contributed by atoms with Crippen molar-refractivity contribution in [2.24, 2.45) is 0 Å². The fourth-order valence-electron chi connectivity index (χ4n) is 2.55. The van der Waals surface area contributed by atoms with Crippen molar-refractivity contribution in [3.63, 3.8) is 0 Å². The summed E-state index contributed by atoms with van der Waals surface area (Å²) in [5.74, 6) is -0.612. The number of thiazole rings is 1. The summed E-state index contributed by atoms with van der Waals surface area (Å²) in [4.78, 5) is 17.9. The van der Waals surface area contributed by atoms with Crippen LogP contribution >= 0.6 is 11.3 Å². The van der Waals surface area contributed by atoms with Gasteiger partial charge in [0.2, 0.25) is 0 Å². The molecular formula is C16H20N2O2S. The number of nitrogens with zero attached hydrogens (tertiary/aromatic N) is 2. The van der Waals surface area contributed by atoms with Crippen LogP contribution in [0.5, 0.6) is 0 Å². The van der Waals surface area contributed by atoms with Crippen molar-refractivity contribution in [2.45, 2.75) is 25.8 Å². The quantitative estimate of drug-likeness (QED) is 0.889. The summed E-state index contributed by atoms with van der Waals surface area (Å²) in [6, 6.07) is 7.02. The Labute approximate surface area is 129 Å². The van der Waals surface area contributed by atoms with E-state index in [-0.39, 0.29) is 5.92 Å². The molecule has 2 atom stereocenters. The minimum absolute atomic E-state index is 0.209. The molecule has 112 valence electrons. The molecule has 21 heavy (non-hydrogen) atoms. The van der Waals surface area contributed by atoms with Gasteiger partial charge in [-0.15, -0.1) is 11.3 Å². The summed E-state index contributed by atoms with van der Waals surface area (Å²) < 4.78 is 0. The van der Waals surface area contributed by atoms with Gasteiger partial charge < -0.3 is 5.11 Å². The normalized spacial score (nSPS) is 14.1. The van der Waals surface area contributed by atoms with Gasteiger partial charge in [-0.25, -0.2) is 4.98 Å². The lowest BCUT2D eigenvalue weighted by Gasteiger charge is -2.28. The van der Waals surface area contributed by atoms with Crippen molar-refractivity contribution in [1.82, 2.24) is 9.88 Å². The maximum Gasteiger partial charge on any atom is 0.325 e. The third kappa shape index (κ3) is 3.68. The number of hydrogen-bond donors (Lipinski definition) is 1. The zero-order chi connectivity index (χ0) is 15.4. The minimum Gasteiger partial charge on any atom is -0.480 e. The lowest BCUT2D eigenvalue weighted by Crippen LogP contribution is -2.34. The highest BCUT2D eigenvalue weighted by molar-refractivity contribution is 7.09. The zero-order valence-electron chi connectivity index (χ0n) is 12.5. The number of carbonyl (C=O) groups is 1. The molecule has 0 saturated carbocycles. The Morgan fingerprint density at radius 1 is 1.43 bits per heavy atom. The summed E-state index contributed by atoms with van der Waals surface area (Å²) in [5.41, 5.74) is 1.84. The van der Waals surface area contributed by atoms with Crippen LogP contribution in [0.1, 0.15) is 35.0 Å². The van der Waals surface area contributed by atoms with Crippen molar-refractivity contribution >= 4 is 17.3 Å². The van der Waals surface area contributed by atoms with Gasteiger partial charge in [0.1, 0.15) is 6.04 Å². The second kappa shape index (κ2) is 6.83. The second-order valence-corrected chi connectivity index (χ2v) is 6.23. The number of benzene rings is 1. The Hall–Kier alpha value is -1.72. The van der Waals surface area contributed by atoms with Gasteiger partial charge >= 0.3 is 5.97 Å². The van der Waals surface area contributed by atoms with E-state index in [4.69, 9.17) is 0 Å². The number of hydrogen-bond acceptors (Lipinski definition) is 4. The number of aryl methyl sites for hydroxylation is 1. The lowest BCUT2D eigenvalue weighted by atomic mass is 9.99. The van der Waals surface area contributed by atoms with Crippen LogP contribution in [0.2, 0.25) is 0 Å². The van der Waals surface area contributed by atoms with Crippen LogP contribution in [0.25, 0.3) is 0 Å². The molecule has 4 nitrogen and oxygen atoms in total. The fourth-order valence-corrected chi connectivity index (χ4v) is 3.24. The van der Waals surface area contributed by atoms with Crippen LogP contribution in [0.3, 0.4) is 0 Å². The molecule has 0 aliphatic rings. The lowest BCUT2D eigenvalue weighted by molar-refractivity contribution is -0.143. The molecule has 1 heterocycles. The van der Waals surface area contributed by atoms with Crippen LogP contribution in [0.15, 0.2) is 35.8 Å². The van der Waals surface area contributed by atoms with Crippen LogP contribution < -0.4 is 0 Å². The summed E-state index contributed by atoms with van der Waals surface area (Å²) in [7, 11) is 1.86. The van der Waals surface area contributed by atoms with Crippen LogP contribution in [0.4, 0.5) is 0 Å². The van der Waals surface area contributed by atoms with Crippen molar-refractivity contribution < 1.29 is 9.90 Å². The van der Waals surface area contributed by atoms with E-state index in [1.807, 2.05) is 48.5 Å². The Morgan fingerprint density at radius 2 is 2.14 bits per heavy atom. The summed E-state index contributed by atoms with van der Waals surface area (Å²) >= 11 is 1.61. The maximum atomic E-state index is 11.7. The first-order valence-corrected chi connectivity index (χ1v) is 7.76. The number of aliphatic carboxylic acids is 1. The number of carboxylic acids is 1. The molecule has 1 aromatic heterocycles. The highest BCUT2D eigenvalue weighted by atomic mass is 32.1. The molecule has 1 N–H and O–H groups in total. The average Bonchev–Trinajstić information content (AvgIpc) is 2.95. The first-order chi connectivity index (χ1) is 10.0. The van der Waals surface area contributed by atoms with E-state index in [2.05, 4.69) is 11.9 Å². The molecule has 0 fully saturated rings. The molecule has 1 aromatic carbocycles. The monoisotopic (exact) mass is 304 g/mol. The van der Waals surface area contributed by atoms with E-state index in [1.54, 1.807) is 17.5 Å². The molecule has 2 aromatic rings. The third-order valence-corrected chi connectivity index (χ3v) is 4.60. The highest BCUT2D eigenvalue weighted by Gasteiger charge is 2.27. The van der Waals surface area contributed by atoms with E-state index < -0.39 is 12.0 Å². The molecule has 0 aliphatic carbocycles. The van der Waals surface area contributed by atoms with E-state index in [9.17, 15) is 9.90 Å². The number of aromatic nitrogens is 1. The van der Waals surface area contributed by atoms with E-state index in [0.717, 1.165) is 16.1 Å². The zero-order valence-corrected chi connectivity index (χ0v) is 13.3. The summed E-state index contributed by atoms with van der Waals surface area (Å²) in [6.07, 6.45) is 1.78. The molecule has 2 unspecified atom stereocenters. The van der Waals surface area contributed by atoms with Gasteiger partial charge in [0.15, 0.2) is 0 Å². The Kier molecular flexibility index (Phi) is 5.09. The van der Waals surface area contributed by atoms with Crippen molar-refractivity contribution in [3.8, 4) is 0 Å². The van der Waals surface area contributed by atoms with Gasteiger partial charge in [-0.2, -0.15) is 0 Å². The van der Waals surface area contributed by atoms with Crippen molar-refractivity contribution in [2.75, 3.05) is 13.6 Å². The average molecular weight is 304 g/mol. The molecule has 0 amide bonds. The first kappa shape index (κ1) is 15.7. The van der Waals surface area contributed by atoms with Crippen molar-refractivity contribution in [1.29, 1.82) is 0 Å². The minimum atomic E-state index is -0.821. The van der Waals surface area contributed by atoms with Gasteiger partial charge in [-0.3, -0.25) is 9.69 Å². The number of rotatable bonds is 6. The van der Waals surface area contributed by atoms with Gasteiger partial charge in [-0.1, -0.05) is 31.2 Å². The Bertz CT molecular complexity index is 598. The largest absolute Gasteiger partial charge is 0.480 e. The smallest absolute Gasteiger partial charge is 0.325 e. The molecular weight excluding hydrogens is 284 g/mol. The molecule has 2 rings (SSSR count). The van der Waals surface area contributed by atoms with E-state index in [1.165, 1.54) is 0 Å². The topological polar surface area (TPSA) is 53.4 Å². The van der Waals surface area contributed by atoms with Crippen LogP contribution in [-0.2, 0) is 4.79 Å². The maximum absolute atomic E-state index is 11.7. The predicted molar refractivity (Wildman–Crippen MR) is 84.7 cm³/mol. The SMILES string of the molecule is Cc1ccccc1C(C(=O)O)N(C)CC(C)c1nccs1. The third-order valence-electron chi connectivity index (χ3n) is 3.59. The standard InChI is InChI=1S/C16H20N2O2S/c1-11-6-4-5-7-13(11)14(16(19)20)18(3)10-12(2)15-17-8-9-21-15/h4-9,12,14H,10H2,1-3H3,(H,19,20).